The lowest BCUT2D eigenvalue weighted by Gasteiger charge is -2.33. The van der Waals surface area contributed by atoms with Gasteiger partial charge >= 0.3 is 6.03 Å². The summed E-state index contributed by atoms with van der Waals surface area (Å²) in [5.41, 5.74) is 0.209. The van der Waals surface area contributed by atoms with Crippen LogP contribution in [0.5, 0.6) is 0 Å². The maximum atomic E-state index is 12.7. The van der Waals surface area contributed by atoms with Crippen molar-refractivity contribution in [2.45, 2.75) is 76.4 Å². The van der Waals surface area contributed by atoms with E-state index in [9.17, 15) is 9.90 Å². The molecule has 24 heavy (non-hydrogen) atoms. The summed E-state index contributed by atoms with van der Waals surface area (Å²) in [7, 11) is 1.87. The molecule has 0 aromatic carbocycles. The molecule has 0 spiro atoms. The van der Waals surface area contributed by atoms with Crippen LogP contribution in [0.3, 0.4) is 0 Å². The number of carbonyl (C=O) groups is 1. The van der Waals surface area contributed by atoms with Crippen molar-refractivity contribution in [3.63, 3.8) is 0 Å². The molecule has 0 bridgehead atoms. The van der Waals surface area contributed by atoms with Gasteiger partial charge in [0.1, 0.15) is 5.82 Å². The quantitative estimate of drug-likeness (QED) is 0.891. The second-order valence-corrected chi connectivity index (χ2v) is 7.85. The summed E-state index contributed by atoms with van der Waals surface area (Å²) in [6.45, 7) is 4.23. The molecule has 1 unspecified atom stereocenters. The number of aromatic nitrogens is 2. The van der Waals surface area contributed by atoms with Gasteiger partial charge in [0.2, 0.25) is 0 Å². The number of nitrogens with one attached hydrogen (secondary N) is 1. The fourth-order valence-electron chi connectivity index (χ4n) is 4.13. The summed E-state index contributed by atoms with van der Waals surface area (Å²) in [6.07, 6.45) is 8.01. The Balaban J connectivity index is 1.69. The molecule has 2 aliphatic rings. The van der Waals surface area contributed by atoms with Crippen LogP contribution in [-0.2, 0) is 7.05 Å². The molecule has 2 fully saturated rings. The van der Waals surface area contributed by atoms with E-state index in [-0.39, 0.29) is 12.1 Å². The SMILES string of the molecule is Cn1nc(C2CCCCC2)cc1NC(=O)N1CCCC1C(C)(C)O. The first-order valence-electron chi connectivity index (χ1n) is 9.20. The number of hydrogen-bond acceptors (Lipinski definition) is 3. The van der Waals surface area contributed by atoms with E-state index in [0.29, 0.717) is 12.5 Å². The van der Waals surface area contributed by atoms with Crippen LogP contribution in [0.2, 0.25) is 0 Å². The zero-order chi connectivity index (χ0) is 17.3. The van der Waals surface area contributed by atoms with Crippen molar-refractivity contribution in [1.82, 2.24) is 14.7 Å². The van der Waals surface area contributed by atoms with Gasteiger partial charge in [-0.1, -0.05) is 19.3 Å². The van der Waals surface area contributed by atoms with Crippen molar-refractivity contribution in [2.75, 3.05) is 11.9 Å². The summed E-state index contributed by atoms with van der Waals surface area (Å²) < 4.78 is 1.76. The van der Waals surface area contributed by atoms with Gasteiger partial charge in [-0.3, -0.25) is 10.00 Å². The number of amides is 2. The van der Waals surface area contributed by atoms with Crippen molar-refractivity contribution >= 4 is 11.8 Å². The van der Waals surface area contributed by atoms with E-state index in [4.69, 9.17) is 0 Å². The highest BCUT2D eigenvalue weighted by atomic mass is 16.3. The van der Waals surface area contributed by atoms with Gasteiger partial charge in [-0.05, 0) is 39.5 Å². The largest absolute Gasteiger partial charge is 0.388 e. The first kappa shape index (κ1) is 17.3. The molecule has 1 saturated heterocycles. The molecule has 2 heterocycles. The molecule has 0 radical (unpaired) electrons. The number of urea groups is 1. The molecule has 2 N–H and O–H groups in total. The second kappa shape index (κ2) is 6.75. The summed E-state index contributed by atoms with van der Waals surface area (Å²) >= 11 is 0. The van der Waals surface area contributed by atoms with Gasteiger partial charge in [-0.15, -0.1) is 0 Å². The minimum Gasteiger partial charge on any atom is -0.388 e. The molecule has 134 valence electrons. The maximum absolute atomic E-state index is 12.7. The summed E-state index contributed by atoms with van der Waals surface area (Å²) in [5.74, 6) is 1.26. The van der Waals surface area contributed by atoms with Crippen LogP contribution in [0.4, 0.5) is 10.6 Å². The zero-order valence-corrected chi connectivity index (χ0v) is 15.1. The molecule has 1 saturated carbocycles. The molecule has 2 amide bonds. The summed E-state index contributed by atoms with van der Waals surface area (Å²) in [6, 6.07) is 1.74. The average molecular weight is 334 g/mol. The maximum Gasteiger partial charge on any atom is 0.323 e. The molecule has 6 heteroatoms. The van der Waals surface area contributed by atoms with Gasteiger partial charge in [0.15, 0.2) is 0 Å². The monoisotopic (exact) mass is 334 g/mol. The first-order chi connectivity index (χ1) is 11.4. The number of likely N-dealkylation sites (tertiary alicyclic amines) is 1. The van der Waals surface area contributed by atoms with E-state index in [1.807, 2.05) is 13.1 Å². The lowest BCUT2D eigenvalue weighted by Crippen LogP contribution is -2.49. The minimum absolute atomic E-state index is 0.136. The van der Waals surface area contributed by atoms with E-state index < -0.39 is 5.60 Å². The summed E-state index contributed by atoms with van der Waals surface area (Å²) in [4.78, 5) is 14.4. The smallest absolute Gasteiger partial charge is 0.323 e. The molecule has 1 aromatic heterocycles. The third-order valence-electron chi connectivity index (χ3n) is 5.49. The number of nitrogens with zero attached hydrogens (tertiary/aromatic N) is 3. The Hall–Kier alpha value is -1.56. The van der Waals surface area contributed by atoms with Crippen molar-refractivity contribution in [3.05, 3.63) is 11.8 Å². The van der Waals surface area contributed by atoms with Gasteiger partial charge in [-0.25, -0.2) is 4.79 Å². The highest BCUT2D eigenvalue weighted by Crippen LogP contribution is 2.33. The van der Waals surface area contributed by atoms with Gasteiger partial charge < -0.3 is 10.0 Å². The van der Waals surface area contributed by atoms with E-state index in [2.05, 4.69) is 10.4 Å². The number of aryl methyl sites for hydroxylation is 1. The third-order valence-corrected chi connectivity index (χ3v) is 5.49. The minimum atomic E-state index is -0.881. The van der Waals surface area contributed by atoms with Gasteiger partial charge in [0, 0.05) is 25.6 Å². The molecule has 3 rings (SSSR count). The van der Waals surface area contributed by atoms with Crippen LogP contribution in [0, 0.1) is 0 Å². The van der Waals surface area contributed by atoms with Gasteiger partial charge in [0.05, 0.1) is 17.3 Å². The number of anilines is 1. The molecule has 6 nitrogen and oxygen atoms in total. The Kier molecular flexibility index (Phi) is 4.85. The predicted octanol–water partition coefficient (Wildman–Crippen LogP) is 3.24. The topological polar surface area (TPSA) is 70.4 Å². The highest BCUT2D eigenvalue weighted by molar-refractivity contribution is 5.89. The van der Waals surface area contributed by atoms with Crippen molar-refractivity contribution in [2.24, 2.45) is 7.05 Å². The predicted molar refractivity (Wildman–Crippen MR) is 94.1 cm³/mol. The van der Waals surface area contributed by atoms with Crippen molar-refractivity contribution in [1.29, 1.82) is 0 Å². The fraction of sp³-hybridized carbons (Fsp3) is 0.778. The van der Waals surface area contributed by atoms with E-state index in [1.54, 1.807) is 23.4 Å². The fourth-order valence-corrected chi connectivity index (χ4v) is 4.13. The van der Waals surface area contributed by atoms with E-state index in [1.165, 1.54) is 32.1 Å². The molecule has 1 aromatic rings. The molecular weight excluding hydrogens is 304 g/mol. The summed E-state index contributed by atoms with van der Waals surface area (Å²) in [5, 5.41) is 17.9. The lowest BCUT2D eigenvalue weighted by molar-refractivity contribution is 0.0117. The normalized spacial score (nSPS) is 22.8. The Morgan fingerprint density at radius 2 is 1.96 bits per heavy atom. The van der Waals surface area contributed by atoms with Crippen LogP contribution < -0.4 is 5.32 Å². The first-order valence-corrected chi connectivity index (χ1v) is 9.20. The van der Waals surface area contributed by atoms with Gasteiger partial charge in [0.25, 0.3) is 0 Å². The molecule has 1 atom stereocenters. The van der Waals surface area contributed by atoms with Crippen LogP contribution in [0.1, 0.15) is 70.4 Å². The van der Waals surface area contributed by atoms with Crippen LogP contribution in [0.15, 0.2) is 6.07 Å². The van der Waals surface area contributed by atoms with Crippen molar-refractivity contribution < 1.29 is 9.90 Å². The van der Waals surface area contributed by atoms with Crippen LogP contribution >= 0.6 is 0 Å². The zero-order valence-electron chi connectivity index (χ0n) is 15.1. The van der Waals surface area contributed by atoms with Crippen molar-refractivity contribution in [3.8, 4) is 0 Å². The average Bonchev–Trinajstić information content (AvgIpc) is 3.15. The lowest BCUT2D eigenvalue weighted by atomic mass is 9.87. The Morgan fingerprint density at radius 3 is 2.62 bits per heavy atom. The van der Waals surface area contributed by atoms with Crippen LogP contribution in [-0.4, -0.2) is 44.0 Å². The number of aliphatic hydroxyl groups is 1. The second-order valence-electron chi connectivity index (χ2n) is 7.85. The van der Waals surface area contributed by atoms with E-state index in [0.717, 1.165) is 24.4 Å². The number of rotatable bonds is 3. The molecule has 1 aliphatic carbocycles. The van der Waals surface area contributed by atoms with Crippen LogP contribution in [0.25, 0.3) is 0 Å². The highest BCUT2D eigenvalue weighted by Gasteiger charge is 2.38. The Labute approximate surface area is 144 Å². The standard InChI is InChI=1S/C18H30N4O2/c1-18(2,24)15-10-7-11-22(15)17(23)19-16-12-14(20-21(16)3)13-8-5-4-6-9-13/h12-13,15,24H,4-11H2,1-3H3,(H,19,23). The molecular formula is C18H30N4O2. The molecule has 1 aliphatic heterocycles. The third kappa shape index (κ3) is 3.58. The number of carbonyl (C=O) groups excluding carboxylic acids is 1. The Morgan fingerprint density at radius 1 is 1.25 bits per heavy atom. The Bertz CT molecular complexity index is 584. The number of hydrogen-bond donors (Lipinski definition) is 2. The van der Waals surface area contributed by atoms with Gasteiger partial charge in [-0.2, -0.15) is 5.10 Å². The van der Waals surface area contributed by atoms with E-state index >= 15 is 0 Å².